The van der Waals surface area contributed by atoms with E-state index < -0.39 is 41.9 Å². The van der Waals surface area contributed by atoms with Gasteiger partial charge in [-0.15, -0.1) is 0 Å². The fourth-order valence-corrected chi connectivity index (χ4v) is 8.77. The summed E-state index contributed by atoms with van der Waals surface area (Å²) in [6, 6.07) is 5.54. The summed E-state index contributed by atoms with van der Waals surface area (Å²) in [5.74, 6) is -3.69. The van der Waals surface area contributed by atoms with Gasteiger partial charge in [0.05, 0.1) is 31.7 Å². The number of nitrogens with one attached hydrogen (secondary N) is 5. The van der Waals surface area contributed by atoms with Gasteiger partial charge in [0.25, 0.3) is 0 Å². The molecule has 3 atom stereocenters. The standard InChI is InChI=1S/C40H65N9O11S3/c1-4-46-15-17-47(25-36(54)55)19-20-49(27-38(58)59)31(24-48(18-16-46)26-37(56)57)23-29-5-7-30(8-6-29)44-40(61)43-14-22-63-62-21-13-42-34(51)11-9-32(28(2)50)45-39(60)33(41-3)10-12-35(52)53/h5-8,31-33,41H,4,9-27H2,1-3H3,(H,42,51)(H,45,60)(H,52,53)(H,54,55)(H,56,57)(H,58,59)(H2,43,44,61). The Hall–Kier alpha value is -4.10. The molecule has 1 fully saturated rings. The molecule has 63 heavy (non-hydrogen) atoms. The number of thiocarbonyl (C=S) groups is 1. The van der Waals surface area contributed by atoms with Crippen molar-refractivity contribution in [1.29, 1.82) is 0 Å². The second-order valence-corrected chi connectivity index (χ2v) is 18.1. The highest BCUT2D eigenvalue weighted by molar-refractivity contribution is 8.76. The molecule has 2 amide bonds. The van der Waals surface area contributed by atoms with Crippen molar-refractivity contribution in [3.05, 3.63) is 29.8 Å². The SMILES string of the molecule is CCN1CCN(CC(=O)O)CCN(CC(=O)O)C(Cc2ccc(NC(=S)NCCSSCCNC(=O)CCC(NC(=O)C(CCC(=O)O)NC)C(C)=O)cc2)CN(CC(=O)O)CC1. The Morgan fingerprint density at radius 2 is 1.29 bits per heavy atom. The predicted octanol–water partition coefficient (Wildman–Crippen LogP) is 0.184. The van der Waals surface area contributed by atoms with Crippen LogP contribution in [0, 0.1) is 0 Å². The lowest BCUT2D eigenvalue weighted by molar-refractivity contribution is -0.141. The molecule has 3 unspecified atom stereocenters. The molecule has 354 valence electrons. The van der Waals surface area contributed by atoms with Crippen molar-refractivity contribution in [2.24, 2.45) is 0 Å². The maximum atomic E-state index is 12.5. The number of hydrogen-bond donors (Lipinski definition) is 9. The van der Waals surface area contributed by atoms with Crippen LogP contribution in [0.4, 0.5) is 5.69 Å². The smallest absolute Gasteiger partial charge is 0.317 e. The Labute approximate surface area is 382 Å². The molecule has 20 nitrogen and oxygen atoms in total. The molecule has 1 aromatic carbocycles. The van der Waals surface area contributed by atoms with Crippen LogP contribution in [0.15, 0.2) is 24.3 Å². The summed E-state index contributed by atoms with van der Waals surface area (Å²) < 4.78 is 0. The van der Waals surface area contributed by atoms with E-state index in [0.29, 0.717) is 69.6 Å². The van der Waals surface area contributed by atoms with Crippen molar-refractivity contribution >= 4 is 86.1 Å². The van der Waals surface area contributed by atoms with Crippen LogP contribution in [0.3, 0.4) is 0 Å². The lowest BCUT2D eigenvalue weighted by Crippen LogP contribution is -2.53. The topological polar surface area (TPSA) is 274 Å². The number of hydrogen-bond acceptors (Lipinski definition) is 15. The minimum Gasteiger partial charge on any atom is -0.481 e. The van der Waals surface area contributed by atoms with Crippen molar-refractivity contribution in [2.75, 3.05) is 109 Å². The van der Waals surface area contributed by atoms with Gasteiger partial charge in [-0.25, -0.2) is 0 Å². The Morgan fingerprint density at radius 3 is 1.86 bits per heavy atom. The van der Waals surface area contributed by atoms with Crippen LogP contribution in [0.5, 0.6) is 0 Å². The molecule has 0 aromatic heterocycles. The fraction of sp³-hybridized carbons (Fsp3) is 0.650. The van der Waals surface area contributed by atoms with Crippen LogP contribution in [0.25, 0.3) is 0 Å². The van der Waals surface area contributed by atoms with Gasteiger partial charge >= 0.3 is 23.9 Å². The van der Waals surface area contributed by atoms with Crippen LogP contribution < -0.4 is 26.6 Å². The first kappa shape index (κ1) is 55.0. The van der Waals surface area contributed by atoms with Crippen LogP contribution in [-0.2, 0) is 40.0 Å². The number of Topliss-reactive ketones (excluding diaryl/α,β-unsaturated/α-hetero) is 1. The molecule has 1 saturated heterocycles. The molecule has 0 aliphatic carbocycles. The number of amides is 2. The first-order valence-electron chi connectivity index (χ1n) is 20.9. The van der Waals surface area contributed by atoms with E-state index in [1.165, 1.54) is 14.0 Å². The zero-order valence-electron chi connectivity index (χ0n) is 36.3. The summed E-state index contributed by atoms with van der Waals surface area (Å²) >= 11 is 5.48. The molecule has 0 spiro atoms. The molecule has 1 aliphatic rings. The Kier molecular flexibility index (Phi) is 27.0. The number of rotatable bonds is 27. The largest absolute Gasteiger partial charge is 0.481 e. The minimum absolute atomic E-state index is 0.0345. The van der Waals surface area contributed by atoms with Crippen LogP contribution in [0.2, 0.25) is 0 Å². The Balaban J connectivity index is 1.84. The lowest BCUT2D eigenvalue weighted by atomic mass is 10.0. The summed E-state index contributed by atoms with van der Waals surface area (Å²) in [6.45, 7) is 7.44. The fourth-order valence-electron chi connectivity index (χ4n) is 6.74. The average molecular weight is 944 g/mol. The third kappa shape index (κ3) is 24.5. The second kappa shape index (κ2) is 30.9. The molecule has 1 aliphatic heterocycles. The van der Waals surface area contributed by atoms with E-state index in [1.807, 2.05) is 41.0 Å². The number of likely N-dealkylation sites (N-methyl/N-ethyl adjacent to an activating group) is 2. The first-order chi connectivity index (χ1) is 30.0. The highest BCUT2D eigenvalue weighted by Crippen LogP contribution is 2.20. The summed E-state index contributed by atoms with van der Waals surface area (Å²) in [6.07, 6.45) is 0.441. The molecule has 23 heteroatoms. The summed E-state index contributed by atoms with van der Waals surface area (Å²) in [5.41, 5.74) is 1.64. The van der Waals surface area contributed by atoms with Gasteiger partial charge < -0.3 is 51.9 Å². The zero-order valence-corrected chi connectivity index (χ0v) is 38.8. The molecule has 0 radical (unpaired) electrons. The third-order valence-corrected chi connectivity index (χ3v) is 12.8. The van der Waals surface area contributed by atoms with E-state index >= 15 is 0 Å². The van der Waals surface area contributed by atoms with Gasteiger partial charge in [-0.3, -0.25) is 48.3 Å². The van der Waals surface area contributed by atoms with E-state index in [2.05, 4.69) is 31.5 Å². The normalized spacial score (nSPS) is 17.0. The maximum absolute atomic E-state index is 12.5. The number of ketones is 1. The molecule has 2 rings (SSSR count). The van der Waals surface area contributed by atoms with Gasteiger partial charge in [-0.2, -0.15) is 0 Å². The number of carboxylic acid groups (broad SMARTS) is 4. The molecule has 0 bridgehead atoms. The third-order valence-electron chi connectivity index (χ3n) is 10.2. The molecular weight excluding hydrogens is 879 g/mol. The van der Waals surface area contributed by atoms with Gasteiger partial charge in [0.2, 0.25) is 11.8 Å². The summed E-state index contributed by atoms with van der Waals surface area (Å²) in [4.78, 5) is 91.0. The highest BCUT2D eigenvalue weighted by atomic mass is 33.1. The van der Waals surface area contributed by atoms with Crippen LogP contribution in [-0.4, -0.2) is 208 Å². The zero-order chi connectivity index (χ0) is 46.7. The molecule has 9 N–H and O–H groups in total. The van der Waals surface area contributed by atoms with Crippen molar-refractivity contribution < 1.29 is 54.0 Å². The summed E-state index contributed by atoms with van der Waals surface area (Å²) in [7, 11) is 4.71. The van der Waals surface area contributed by atoms with Crippen molar-refractivity contribution in [3.63, 3.8) is 0 Å². The minimum atomic E-state index is -1.03. The molecule has 1 heterocycles. The van der Waals surface area contributed by atoms with Gasteiger partial charge in [0, 0.05) is 95.0 Å². The van der Waals surface area contributed by atoms with E-state index in [0.717, 1.165) is 23.5 Å². The number of carbonyl (C=O) groups excluding carboxylic acids is 3. The molecule has 0 saturated carbocycles. The number of anilines is 1. The van der Waals surface area contributed by atoms with Gasteiger partial charge in [-0.1, -0.05) is 40.6 Å². The highest BCUT2D eigenvalue weighted by Gasteiger charge is 2.28. The van der Waals surface area contributed by atoms with Crippen LogP contribution >= 0.6 is 33.8 Å². The monoisotopic (exact) mass is 943 g/mol. The van der Waals surface area contributed by atoms with E-state index in [4.69, 9.17) is 17.3 Å². The first-order valence-corrected chi connectivity index (χ1v) is 23.8. The number of aliphatic carboxylic acids is 4. The second-order valence-electron chi connectivity index (χ2n) is 15.0. The van der Waals surface area contributed by atoms with Crippen molar-refractivity contribution in [3.8, 4) is 0 Å². The van der Waals surface area contributed by atoms with Crippen molar-refractivity contribution in [1.82, 2.24) is 40.9 Å². The predicted molar refractivity (Wildman–Crippen MR) is 247 cm³/mol. The van der Waals surface area contributed by atoms with E-state index in [-0.39, 0.29) is 69.6 Å². The van der Waals surface area contributed by atoms with Crippen molar-refractivity contribution in [2.45, 2.75) is 64.1 Å². The average Bonchev–Trinajstić information content (AvgIpc) is 3.21. The molecular formula is C40H65N9O11S3. The quantitative estimate of drug-likeness (QED) is 0.0324. The van der Waals surface area contributed by atoms with E-state index in [1.54, 1.807) is 26.5 Å². The van der Waals surface area contributed by atoms with E-state index in [9.17, 15) is 48.9 Å². The van der Waals surface area contributed by atoms with Gasteiger partial charge in [0.15, 0.2) is 10.9 Å². The molecule has 1 aromatic rings. The maximum Gasteiger partial charge on any atom is 0.317 e. The number of nitrogens with zero attached hydrogens (tertiary/aromatic N) is 4. The number of carbonyl (C=O) groups is 7. The Morgan fingerprint density at radius 1 is 0.730 bits per heavy atom. The number of benzene rings is 1. The summed E-state index contributed by atoms with van der Waals surface area (Å²) in [5, 5.41) is 52.9. The lowest BCUT2D eigenvalue weighted by Gasteiger charge is -2.37. The van der Waals surface area contributed by atoms with Crippen LogP contribution in [0.1, 0.15) is 45.1 Å². The van der Waals surface area contributed by atoms with Gasteiger partial charge in [-0.05, 0) is 69.7 Å². The number of carboxylic acids is 4. The van der Waals surface area contributed by atoms with Gasteiger partial charge in [0.1, 0.15) is 0 Å². The Bertz CT molecular complexity index is 1650.